The van der Waals surface area contributed by atoms with Crippen LogP contribution in [0, 0.1) is 6.92 Å². The summed E-state index contributed by atoms with van der Waals surface area (Å²) in [6.45, 7) is 5.90. The highest BCUT2D eigenvalue weighted by molar-refractivity contribution is 5.56. The van der Waals surface area contributed by atoms with Crippen molar-refractivity contribution in [2.75, 3.05) is 0 Å². The summed E-state index contributed by atoms with van der Waals surface area (Å²) in [7, 11) is 0. The van der Waals surface area contributed by atoms with Crippen molar-refractivity contribution in [1.82, 2.24) is 10.1 Å². The van der Waals surface area contributed by atoms with Crippen molar-refractivity contribution in [1.29, 1.82) is 0 Å². The van der Waals surface area contributed by atoms with Gasteiger partial charge in [-0.1, -0.05) is 19.0 Å². The maximum absolute atomic E-state index is 5.96. The predicted molar refractivity (Wildman–Crippen MR) is 63.4 cm³/mol. The maximum atomic E-state index is 5.96. The lowest BCUT2D eigenvalue weighted by atomic mass is 10.0. The van der Waals surface area contributed by atoms with Crippen molar-refractivity contribution in [2.45, 2.75) is 39.2 Å². The number of nitrogens with two attached hydrogens (primary N) is 1. The largest absolute Gasteiger partial charge is 0.469 e. The first-order valence-corrected chi connectivity index (χ1v) is 5.77. The number of hydrogen-bond acceptors (Lipinski definition) is 5. The minimum absolute atomic E-state index is 0.0359. The molecule has 17 heavy (non-hydrogen) atoms. The van der Waals surface area contributed by atoms with Crippen molar-refractivity contribution < 1.29 is 8.94 Å². The van der Waals surface area contributed by atoms with Crippen LogP contribution in [-0.4, -0.2) is 16.2 Å². The normalized spacial score (nSPS) is 14.8. The maximum Gasteiger partial charge on any atom is 0.231 e. The Bertz CT molecular complexity index is 489. The van der Waals surface area contributed by atoms with E-state index in [9.17, 15) is 0 Å². The molecule has 0 aliphatic carbocycles. The topological polar surface area (TPSA) is 78.1 Å². The van der Waals surface area contributed by atoms with E-state index in [2.05, 4.69) is 10.1 Å². The third kappa shape index (κ3) is 2.24. The first kappa shape index (κ1) is 11.9. The summed E-state index contributed by atoms with van der Waals surface area (Å²) in [4.78, 5) is 4.36. The molecular weight excluding hydrogens is 218 g/mol. The van der Waals surface area contributed by atoms with Gasteiger partial charge in [-0.15, -0.1) is 0 Å². The van der Waals surface area contributed by atoms with Gasteiger partial charge in [0.25, 0.3) is 0 Å². The Balaban J connectivity index is 2.25. The van der Waals surface area contributed by atoms with Gasteiger partial charge in [0.15, 0.2) is 0 Å². The minimum atomic E-state index is 0.0359. The van der Waals surface area contributed by atoms with E-state index < -0.39 is 0 Å². The van der Waals surface area contributed by atoms with Crippen LogP contribution in [0.25, 0.3) is 11.4 Å². The lowest BCUT2D eigenvalue weighted by Crippen LogP contribution is -2.25. The average Bonchev–Trinajstić information content (AvgIpc) is 2.95. The van der Waals surface area contributed by atoms with Crippen molar-refractivity contribution >= 4 is 0 Å². The van der Waals surface area contributed by atoms with Crippen LogP contribution >= 0.6 is 0 Å². The van der Waals surface area contributed by atoms with Gasteiger partial charge in [-0.05, 0) is 19.4 Å². The standard InChI is InChI=1S/C12H17N3O2/c1-4-10(13)7(2)12-14-11(15-17-12)9-5-6-16-8(9)3/h5-7,10H,4,13H2,1-3H3. The number of furan rings is 1. The Kier molecular flexibility index (Phi) is 3.28. The Morgan fingerprint density at radius 2 is 2.24 bits per heavy atom. The molecule has 2 aromatic rings. The molecule has 0 bridgehead atoms. The molecule has 2 unspecified atom stereocenters. The summed E-state index contributed by atoms with van der Waals surface area (Å²) in [5.41, 5.74) is 6.82. The smallest absolute Gasteiger partial charge is 0.231 e. The number of nitrogens with zero attached hydrogens (tertiary/aromatic N) is 2. The van der Waals surface area contributed by atoms with Gasteiger partial charge in [0.05, 0.1) is 17.7 Å². The number of aromatic nitrogens is 2. The first-order chi connectivity index (χ1) is 8.13. The summed E-state index contributed by atoms with van der Waals surface area (Å²) in [6.07, 6.45) is 2.49. The highest BCUT2D eigenvalue weighted by Gasteiger charge is 2.21. The molecule has 0 amide bonds. The zero-order chi connectivity index (χ0) is 12.4. The van der Waals surface area contributed by atoms with Crippen molar-refractivity contribution in [3.8, 4) is 11.4 Å². The molecule has 0 saturated heterocycles. The number of rotatable bonds is 4. The SMILES string of the molecule is CCC(N)C(C)c1nc(-c2ccoc2C)no1. The second-order valence-corrected chi connectivity index (χ2v) is 4.21. The van der Waals surface area contributed by atoms with Crippen molar-refractivity contribution in [3.05, 3.63) is 24.0 Å². The molecule has 0 radical (unpaired) electrons. The highest BCUT2D eigenvalue weighted by Crippen LogP contribution is 2.24. The fourth-order valence-corrected chi connectivity index (χ4v) is 1.68. The van der Waals surface area contributed by atoms with Crippen LogP contribution in [0.1, 0.15) is 37.8 Å². The molecule has 2 aromatic heterocycles. The van der Waals surface area contributed by atoms with E-state index in [1.165, 1.54) is 0 Å². The van der Waals surface area contributed by atoms with Gasteiger partial charge in [-0.2, -0.15) is 4.98 Å². The molecule has 2 heterocycles. The Hall–Kier alpha value is -1.62. The van der Waals surface area contributed by atoms with Crippen LogP contribution in [0.15, 0.2) is 21.3 Å². The van der Waals surface area contributed by atoms with Gasteiger partial charge < -0.3 is 14.7 Å². The van der Waals surface area contributed by atoms with Gasteiger partial charge in [0, 0.05) is 6.04 Å². The summed E-state index contributed by atoms with van der Waals surface area (Å²) in [5, 5.41) is 3.96. The Labute approximate surface area is 100.0 Å². The molecule has 92 valence electrons. The minimum Gasteiger partial charge on any atom is -0.469 e. The fraction of sp³-hybridized carbons (Fsp3) is 0.500. The lowest BCUT2D eigenvalue weighted by molar-refractivity contribution is 0.340. The van der Waals surface area contributed by atoms with E-state index >= 15 is 0 Å². The summed E-state index contributed by atoms with van der Waals surface area (Å²) in [6, 6.07) is 1.86. The zero-order valence-electron chi connectivity index (χ0n) is 10.3. The van der Waals surface area contributed by atoms with Crippen LogP contribution in [0.5, 0.6) is 0 Å². The molecule has 0 aliphatic rings. The first-order valence-electron chi connectivity index (χ1n) is 5.77. The molecule has 5 nitrogen and oxygen atoms in total. The molecule has 0 spiro atoms. The highest BCUT2D eigenvalue weighted by atomic mass is 16.5. The van der Waals surface area contributed by atoms with Gasteiger partial charge in [0.1, 0.15) is 5.76 Å². The molecule has 2 atom stereocenters. The lowest BCUT2D eigenvalue weighted by Gasteiger charge is -2.13. The predicted octanol–water partition coefficient (Wildman–Crippen LogP) is 2.48. The van der Waals surface area contributed by atoms with Crippen LogP contribution < -0.4 is 5.73 Å². The zero-order valence-corrected chi connectivity index (χ0v) is 10.3. The van der Waals surface area contributed by atoms with Gasteiger partial charge >= 0.3 is 0 Å². The molecule has 0 aromatic carbocycles. The second-order valence-electron chi connectivity index (χ2n) is 4.21. The molecule has 0 aliphatic heterocycles. The van der Waals surface area contributed by atoms with E-state index in [0.29, 0.717) is 11.7 Å². The van der Waals surface area contributed by atoms with E-state index in [0.717, 1.165) is 17.7 Å². The van der Waals surface area contributed by atoms with Gasteiger partial charge in [-0.25, -0.2) is 0 Å². The van der Waals surface area contributed by atoms with E-state index in [1.54, 1.807) is 6.26 Å². The third-order valence-electron chi connectivity index (χ3n) is 3.04. The number of hydrogen-bond donors (Lipinski definition) is 1. The molecule has 5 heteroatoms. The third-order valence-corrected chi connectivity index (χ3v) is 3.04. The van der Waals surface area contributed by atoms with Gasteiger partial charge in [0.2, 0.25) is 11.7 Å². The molecular formula is C12H17N3O2. The average molecular weight is 235 g/mol. The summed E-state index contributed by atoms with van der Waals surface area (Å²) < 4.78 is 10.5. The summed E-state index contributed by atoms with van der Waals surface area (Å²) in [5.74, 6) is 1.98. The fourth-order valence-electron chi connectivity index (χ4n) is 1.68. The molecule has 0 fully saturated rings. The molecule has 0 saturated carbocycles. The van der Waals surface area contributed by atoms with Gasteiger partial charge in [-0.3, -0.25) is 0 Å². The Morgan fingerprint density at radius 3 is 2.82 bits per heavy atom. The van der Waals surface area contributed by atoms with E-state index in [1.807, 2.05) is 26.8 Å². The van der Waals surface area contributed by atoms with E-state index in [-0.39, 0.29) is 12.0 Å². The summed E-state index contributed by atoms with van der Waals surface area (Å²) >= 11 is 0. The Morgan fingerprint density at radius 1 is 1.47 bits per heavy atom. The van der Waals surface area contributed by atoms with Crippen LogP contribution in [0.4, 0.5) is 0 Å². The van der Waals surface area contributed by atoms with Crippen LogP contribution in [0.2, 0.25) is 0 Å². The van der Waals surface area contributed by atoms with Crippen LogP contribution in [-0.2, 0) is 0 Å². The molecule has 2 rings (SSSR count). The van der Waals surface area contributed by atoms with E-state index in [4.69, 9.17) is 14.7 Å². The van der Waals surface area contributed by atoms with Crippen molar-refractivity contribution in [3.63, 3.8) is 0 Å². The number of aryl methyl sites for hydroxylation is 1. The second kappa shape index (κ2) is 4.71. The van der Waals surface area contributed by atoms with Crippen LogP contribution in [0.3, 0.4) is 0 Å². The monoisotopic (exact) mass is 235 g/mol. The quantitative estimate of drug-likeness (QED) is 0.880. The van der Waals surface area contributed by atoms with Crippen molar-refractivity contribution in [2.24, 2.45) is 5.73 Å². The molecule has 2 N–H and O–H groups in total.